The van der Waals surface area contributed by atoms with Gasteiger partial charge in [0, 0.05) is 17.4 Å². The predicted octanol–water partition coefficient (Wildman–Crippen LogP) is 6.06. The van der Waals surface area contributed by atoms with E-state index in [2.05, 4.69) is 25.8 Å². The molecular formula is C28H27ClN2O4. The maximum absolute atomic E-state index is 13.3. The van der Waals surface area contributed by atoms with Crippen molar-refractivity contribution >= 4 is 34.7 Å². The number of aliphatic hydroxyl groups excluding tert-OH is 1. The zero-order chi connectivity index (χ0) is 25.3. The Hall–Kier alpha value is -3.64. The maximum atomic E-state index is 13.3. The van der Waals surface area contributed by atoms with Crippen molar-refractivity contribution in [3.8, 4) is 5.75 Å². The minimum Gasteiger partial charge on any atom is -0.507 e. The van der Waals surface area contributed by atoms with Crippen LogP contribution in [-0.2, 0) is 15.0 Å². The molecule has 3 aromatic rings. The number of carbonyl (C=O) groups is 2. The molecule has 4 rings (SSSR count). The number of nitrogens with zero attached hydrogens (tertiary/aromatic N) is 2. The van der Waals surface area contributed by atoms with Crippen LogP contribution >= 0.6 is 11.6 Å². The number of aromatic nitrogens is 1. The van der Waals surface area contributed by atoms with Gasteiger partial charge in [-0.05, 0) is 60.4 Å². The molecule has 180 valence electrons. The number of hydrogen-bond donors (Lipinski definition) is 1. The molecule has 1 amide bonds. The van der Waals surface area contributed by atoms with E-state index >= 15 is 0 Å². The van der Waals surface area contributed by atoms with Crippen LogP contribution in [0.5, 0.6) is 5.75 Å². The lowest BCUT2D eigenvalue weighted by Crippen LogP contribution is -2.30. The summed E-state index contributed by atoms with van der Waals surface area (Å²) in [6.45, 7) is 8.51. The highest BCUT2D eigenvalue weighted by Gasteiger charge is 2.47. The number of rotatable bonds is 5. The number of anilines is 1. The molecule has 7 heteroatoms. The normalized spacial score (nSPS) is 17.6. The second kappa shape index (κ2) is 9.55. The van der Waals surface area contributed by atoms with E-state index in [1.165, 1.54) is 4.90 Å². The van der Waals surface area contributed by atoms with Crippen molar-refractivity contribution in [2.75, 3.05) is 11.5 Å². The van der Waals surface area contributed by atoms with Gasteiger partial charge in [0.05, 0.1) is 22.9 Å². The molecule has 35 heavy (non-hydrogen) atoms. The van der Waals surface area contributed by atoms with Crippen LogP contribution in [0.15, 0.2) is 72.4 Å². The van der Waals surface area contributed by atoms with Crippen molar-refractivity contribution in [1.29, 1.82) is 0 Å². The van der Waals surface area contributed by atoms with E-state index < -0.39 is 17.7 Å². The predicted molar refractivity (Wildman–Crippen MR) is 137 cm³/mol. The molecule has 1 aliphatic rings. The summed E-state index contributed by atoms with van der Waals surface area (Å²) >= 11 is 6.20. The molecule has 1 fully saturated rings. The third-order valence-corrected chi connectivity index (χ3v) is 6.24. The topological polar surface area (TPSA) is 79.7 Å². The van der Waals surface area contributed by atoms with Crippen LogP contribution in [0.2, 0.25) is 5.02 Å². The molecule has 0 radical (unpaired) electrons. The third kappa shape index (κ3) is 4.66. The number of amides is 1. The minimum atomic E-state index is -0.900. The lowest BCUT2D eigenvalue weighted by Gasteiger charge is -2.26. The largest absolute Gasteiger partial charge is 0.507 e. The van der Waals surface area contributed by atoms with Crippen LogP contribution in [0.1, 0.15) is 50.6 Å². The highest BCUT2D eigenvalue weighted by molar-refractivity contribution is 6.51. The van der Waals surface area contributed by atoms with E-state index in [4.69, 9.17) is 16.3 Å². The lowest BCUT2D eigenvalue weighted by molar-refractivity contribution is -0.132. The van der Waals surface area contributed by atoms with Crippen LogP contribution in [0.4, 0.5) is 5.69 Å². The van der Waals surface area contributed by atoms with Crippen molar-refractivity contribution in [3.63, 3.8) is 0 Å². The van der Waals surface area contributed by atoms with E-state index in [9.17, 15) is 14.7 Å². The smallest absolute Gasteiger partial charge is 0.300 e. The summed E-state index contributed by atoms with van der Waals surface area (Å²) in [5, 5.41) is 11.7. The van der Waals surface area contributed by atoms with E-state index in [0.29, 0.717) is 34.3 Å². The number of Topliss-reactive ketones (excluding diaryl/α,β-unsaturated/α-hetero) is 1. The van der Waals surface area contributed by atoms with Crippen molar-refractivity contribution in [1.82, 2.24) is 4.98 Å². The molecular weight excluding hydrogens is 464 g/mol. The van der Waals surface area contributed by atoms with E-state index in [1.54, 1.807) is 42.6 Å². The molecule has 1 aromatic heterocycles. The fourth-order valence-electron chi connectivity index (χ4n) is 4.11. The molecule has 0 saturated carbocycles. The van der Waals surface area contributed by atoms with Crippen molar-refractivity contribution in [2.45, 2.75) is 39.2 Å². The summed E-state index contributed by atoms with van der Waals surface area (Å²) in [5.74, 6) is -1.46. The number of ketones is 1. The van der Waals surface area contributed by atoms with Crippen LogP contribution in [-0.4, -0.2) is 28.4 Å². The highest BCUT2D eigenvalue weighted by Crippen LogP contribution is 2.42. The van der Waals surface area contributed by atoms with Gasteiger partial charge >= 0.3 is 0 Å². The van der Waals surface area contributed by atoms with Gasteiger partial charge in [0.25, 0.3) is 11.7 Å². The fraction of sp³-hybridized carbons (Fsp3) is 0.250. The Balaban J connectivity index is 1.88. The standard InChI is InChI=1S/C28H27ClN2O4/c1-5-35-22-16-17(9-14-20(22)29)25(32)23-24(21-8-6-7-15-30-21)31(27(34)26(23)33)19-12-10-18(11-13-19)28(2,3)4/h6-16,24,32H,5H2,1-4H3/b25-23-. The number of benzene rings is 2. The second-order valence-corrected chi connectivity index (χ2v) is 9.71. The van der Waals surface area contributed by atoms with Crippen molar-refractivity contribution in [3.05, 3.63) is 94.3 Å². The molecule has 1 aliphatic heterocycles. The van der Waals surface area contributed by atoms with E-state index in [-0.39, 0.29) is 16.7 Å². The summed E-state index contributed by atoms with van der Waals surface area (Å²) in [6, 6.07) is 16.6. The summed E-state index contributed by atoms with van der Waals surface area (Å²) in [4.78, 5) is 32.4. The van der Waals surface area contributed by atoms with Gasteiger partial charge in [-0.15, -0.1) is 0 Å². The SMILES string of the molecule is CCOc1cc(/C(O)=C2/C(=O)C(=O)N(c3ccc(C(C)(C)C)cc3)C2c2ccccn2)ccc1Cl. The van der Waals surface area contributed by atoms with E-state index in [1.807, 2.05) is 31.2 Å². The number of halogens is 1. The van der Waals surface area contributed by atoms with Gasteiger partial charge in [-0.2, -0.15) is 0 Å². The van der Waals surface area contributed by atoms with Crippen LogP contribution < -0.4 is 9.64 Å². The summed E-state index contributed by atoms with van der Waals surface area (Å²) in [5.41, 5.74) is 2.31. The molecule has 1 saturated heterocycles. The van der Waals surface area contributed by atoms with Gasteiger partial charge in [-0.1, -0.05) is 50.6 Å². The molecule has 0 bridgehead atoms. The molecule has 1 atom stereocenters. The first kappa shape index (κ1) is 24.5. The number of hydrogen-bond acceptors (Lipinski definition) is 5. The van der Waals surface area contributed by atoms with Gasteiger partial charge in [0.2, 0.25) is 0 Å². The molecule has 1 N–H and O–H groups in total. The Morgan fingerprint density at radius 3 is 2.40 bits per heavy atom. The molecule has 1 unspecified atom stereocenters. The molecule has 6 nitrogen and oxygen atoms in total. The second-order valence-electron chi connectivity index (χ2n) is 9.30. The quantitative estimate of drug-likeness (QED) is 0.267. The Bertz CT molecular complexity index is 1290. The van der Waals surface area contributed by atoms with Gasteiger partial charge in [0.1, 0.15) is 17.6 Å². The number of aliphatic hydroxyl groups is 1. The summed E-state index contributed by atoms with van der Waals surface area (Å²) < 4.78 is 5.54. The number of carbonyl (C=O) groups excluding carboxylic acids is 2. The Morgan fingerprint density at radius 2 is 1.80 bits per heavy atom. The van der Waals surface area contributed by atoms with Crippen molar-refractivity contribution in [2.24, 2.45) is 0 Å². The maximum Gasteiger partial charge on any atom is 0.300 e. The van der Waals surface area contributed by atoms with Gasteiger partial charge < -0.3 is 9.84 Å². The first-order chi connectivity index (χ1) is 16.6. The molecule has 2 aromatic carbocycles. The Kier molecular flexibility index (Phi) is 6.68. The number of ether oxygens (including phenoxy) is 1. The van der Waals surface area contributed by atoms with Crippen LogP contribution in [0.3, 0.4) is 0 Å². The Morgan fingerprint density at radius 1 is 1.09 bits per heavy atom. The lowest BCUT2D eigenvalue weighted by atomic mass is 9.87. The molecule has 0 spiro atoms. The number of pyridine rings is 1. The first-order valence-electron chi connectivity index (χ1n) is 11.4. The average molecular weight is 491 g/mol. The zero-order valence-corrected chi connectivity index (χ0v) is 20.8. The molecule has 2 heterocycles. The zero-order valence-electron chi connectivity index (χ0n) is 20.1. The highest BCUT2D eigenvalue weighted by atomic mass is 35.5. The van der Waals surface area contributed by atoms with Crippen LogP contribution in [0, 0.1) is 0 Å². The fourth-order valence-corrected chi connectivity index (χ4v) is 4.28. The molecule has 0 aliphatic carbocycles. The summed E-state index contributed by atoms with van der Waals surface area (Å²) in [7, 11) is 0. The minimum absolute atomic E-state index is 0.0432. The first-order valence-corrected chi connectivity index (χ1v) is 11.8. The Labute approximate surface area is 209 Å². The van der Waals surface area contributed by atoms with Gasteiger partial charge in [-0.25, -0.2) is 0 Å². The third-order valence-electron chi connectivity index (χ3n) is 5.93. The van der Waals surface area contributed by atoms with Crippen LogP contribution in [0.25, 0.3) is 5.76 Å². The van der Waals surface area contributed by atoms with Gasteiger partial charge in [0.15, 0.2) is 0 Å². The average Bonchev–Trinajstić information content (AvgIpc) is 3.10. The van der Waals surface area contributed by atoms with E-state index in [0.717, 1.165) is 5.56 Å². The monoisotopic (exact) mass is 490 g/mol. The van der Waals surface area contributed by atoms with Crippen molar-refractivity contribution < 1.29 is 19.4 Å². The summed E-state index contributed by atoms with van der Waals surface area (Å²) in [6.07, 6.45) is 1.59. The van der Waals surface area contributed by atoms with Gasteiger partial charge in [-0.3, -0.25) is 19.5 Å².